The van der Waals surface area contributed by atoms with Gasteiger partial charge in [-0.25, -0.2) is 0 Å². The minimum atomic E-state index is -0.498. The molecule has 0 saturated carbocycles. The van der Waals surface area contributed by atoms with Crippen molar-refractivity contribution in [3.63, 3.8) is 0 Å². The zero-order chi connectivity index (χ0) is 15.7. The molecule has 0 amide bonds. The number of hydrogen-bond donors (Lipinski definition) is 2. The fraction of sp³-hybridized carbons (Fsp3) is 0.294. The molecule has 2 aromatic rings. The summed E-state index contributed by atoms with van der Waals surface area (Å²) in [5, 5.41) is 11.4. The van der Waals surface area contributed by atoms with E-state index in [1.54, 1.807) is 0 Å². The number of β-amino-alcohol motifs (C(OH)–C–C–N with tert-alkyl or cyclic N) is 1. The zero-order valence-corrected chi connectivity index (χ0v) is 16.0. The molecule has 1 heterocycles. The Bertz CT molecular complexity index is 581. The standard InChI is InChI=1S/C17H18Cl2N2O.2ClH/c18-13-5-1-11(2-6-13)17(12-3-7-14(19)8-4-12)21-9-15(20)16(22)10-21;;/h1-8,15-17,22H,9-10,20H2;2*1H. The summed E-state index contributed by atoms with van der Waals surface area (Å²) in [7, 11) is 0. The van der Waals surface area contributed by atoms with Gasteiger partial charge in [-0.2, -0.15) is 0 Å². The molecule has 0 aromatic heterocycles. The Morgan fingerprint density at radius 2 is 1.29 bits per heavy atom. The van der Waals surface area contributed by atoms with Gasteiger partial charge in [0.1, 0.15) is 0 Å². The lowest BCUT2D eigenvalue weighted by Crippen LogP contribution is -2.33. The van der Waals surface area contributed by atoms with Crippen LogP contribution in [-0.2, 0) is 0 Å². The molecule has 3 N–H and O–H groups in total. The second kappa shape index (κ2) is 9.25. The first-order chi connectivity index (χ1) is 10.5. The van der Waals surface area contributed by atoms with Crippen LogP contribution in [0.3, 0.4) is 0 Å². The maximum Gasteiger partial charge on any atom is 0.0830 e. The minimum absolute atomic E-state index is 0. The lowest BCUT2D eigenvalue weighted by Gasteiger charge is -2.28. The molecule has 132 valence electrons. The largest absolute Gasteiger partial charge is 0.390 e. The van der Waals surface area contributed by atoms with Gasteiger partial charge >= 0.3 is 0 Å². The van der Waals surface area contributed by atoms with Crippen LogP contribution >= 0.6 is 48.0 Å². The van der Waals surface area contributed by atoms with Crippen molar-refractivity contribution >= 4 is 48.0 Å². The van der Waals surface area contributed by atoms with Gasteiger partial charge in [-0.15, -0.1) is 24.8 Å². The highest BCUT2D eigenvalue weighted by Gasteiger charge is 2.34. The topological polar surface area (TPSA) is 49.5 Å². The fourth-order valence-corrected chi connectivity index (χ4v) is 3.21. The van der Waals surface area contributed by atoms with Crippen LogP contribution in [-0.4, -0.2) is 35.2 Å². The predicted octanol–water partition coefficient (Wildman–Crippen LogP) is 3.93. The van der Waals surface area contributed by atoms with E-state index >= 15 is 0 Å². The van der Waals surface area contributed by atoms with E-state index in [4.69, 9.17) is 28.9 Å². The van der Waals surface area contributed by atoms with E-state index in [0.717, 1.165) is 11.1 Å². The molecule has 2 aromatic carbocycles. The number of rotatable bonds is 3. The molecule has 24 heavy (non-hydrogen) atoms. The smallest absolute Gasteiger partial charge is 0.0830 e. The Hall–Kier alpha value is -0.520. The molecule has 0 bridgehead atoms. The third kappa shape index (κ3) is 4.77. The minimum Gasteiger partial charge on any atom is -0.390 e. The third-order valence-corrected chi connectivity index (χ3v) is 4.60. The molecule has 2 atom stereocenters. The molecular weight excluding hydrogens is 390 g/mol. The van der Waals surface area contributed by atoms with Crippen LogP contribution in [0.1, 0.15) is 17.2 Å². The molecule has 0 spiro atoms. The molecule has 1 aliphatic heterocycles. The number of aliphatic hydroxyl groups is 1. The average Bonchev–Trinajstić information content (AvgIpc) is 2.82. The molecule has 3 rings (SSSR count). The van der Waals surface area contributed by atoms with Gasteiger partial charge in [-0.1, -0.05) is 47.5 Å². The number of benzene rings is 2. The Kier molecular flexibility index (Phi) is 8.30. The Morgan fingerprint density at radius 3 is 1.62 bits per heavy atom. The van der Waals surface area contributed by atoms with E-state index in [1.807, 2.05) is 48.5 Å². The van der Waals surface area contributed by atoms with Crippen molar-refractivity contribution < 1.29 is 5.11 Å². The predicted molar refractivity (Wildman–Crippen MR) is 105 cm³/mol. The Balaban J connectivity index is 0.00000144. The number of likely N-dealkylation sites (tertiary alicyclic amines) is 1. The maximum absolute atomic E-state index is 9.99. The van der Waals surface area contributed by atoms with E-state index in [2.05, 4.69) is 4.90 Å². The van der Waals surface area contributed by atoms with Crippen molar-refractivity contribution in [2.75, 3.05) is 13.1 Å². The second-order valence-corrected chi connectivity index (χ2v) is 6.56. The maximum atomic E-state index is 9.99. The quantitative estimate of drug-likeness (QED) is 0.807. The monoisotopic (exact) mass is 408 g/mol. The van der Waals surface area contributed by atoms with Crippen molar-refractivity contribution in [2.45, 2.75) is 18.2 Å². The lowest BCUT2D eigenvalue weighted by molar-refractivity contribution is 0.158. The first kappa shape index (κ1) is 21.5. The number of hydrogen-bond acceptors (Lipinski definition) is 3. The van der Waals surface area contributed by atoms with Crippen molar-refractivity contribution in [3.05, 3.63) is 69.7 Å². The number of halogens is 4. The van der Waals surface area contributed by atoms with Gasteiger partial charge in [0.15, 0.2) is 0 Å². The summed E-state index contributed by atoms with van der Waals surface area (Å²) in [6.07, 6.45) is -0.498. The number of aliphatic hydroxyl groups excluding tert-OH is 1. The van der Waals surface area contributed by atoms with E-state index in [1.165, 1.54) is 0 Å². The molecule has 2 unspecified atom stereocenters. The zero-order valence-electron chi connectivity index (χ0n) is 12.8. The molecule has 0 aliphatic carbocycles. The van der Waals surface area contributed by atoms with Crippen molar-refractivity contribution in [2.24, 2.45) is 5.73 Å². The van der Waals surface area contributed by atoms with Gasteiger partial charge in [-0.05, 0) is 35.4 Å². The van der Waals surface area contributed by atoms with E-state index in [0.29, 0.717) is 23.1 Å². The van der Waals surface area contributed by atoms with Crippen LogP contribution in [0.2, 0.25) is 10.0 Å². The van der Waals surface area contributed by atoms with Gasteiger partial charge in [0, 0.05) is 29.2 Å². The molecule has 7 heteroatoms. The number of nitrogens with zero attached hydrogens (tertiary/aromatic N) is 1. The van der Waals surface area contributed by atoms with Crippen molar-refractivity contribution in [1.29, 1.82) is 0 Å². The Morgan fingerprint density at radius 1 is 0.875 bits per heavy atom. The normalized spacial score (nSPS) is 20.5. The highest BCUT2D eigenvalue weighted by Crippen LogP contribution is 2.32. The fourth-order valence-electron chi connectivity index (χ4n) is 2.96. The van der Waals surface area contributed by atoms with Crippen LogP contribution < -0.4 is 5.73 Å². The van der Waals surface area contributed by atoms with Crippen LogP contribution in [0.5, 0.6) is 0 Å². The molecule has 1 fully saturated rings. The first-order valence-corrected chi connectivity index (χ1v) is 7.99. The summed E-state index contributed by atoms with van der Waals surface area (Å²) in [6.45, 7) is 1.20. The van der Waals surface area contributed by atoms with E-state index < -0.39 is 6.10 Å². The van der Waals surface area contributed by atoms with Crippen molar-refractivity contribution in [1.82, 2.24) is 4.90 Å². The molecule has 1 aliphatic rings. The summed E-state index contributed by atoms with van der Waals surface area (Å²) in [6, 6.07) is 15.4. The van der Waals surface area contributed by atoms with Crippen LogP contribution in [0.25, 0.3) is 0 Å². The van der Waals surface area contributed by atoms with Gasteiger partial charge in [0.2, 0.25) is 0 Å². The highest BCUT2D eigenvalue weighted by molar-refractivity contribution is 6.30. The average molecular weight is 410 g/mol. The number of nitrogens with two attached hydrogens (primary N) is 1. The summed E-state index contributed by atoms with van der Waals surface area (Å²) in [5.74, 6) is 0. The summed E-state index contributed by atoms with van der Waals surface area (Å²) < 4.78 is 0. The van der Waals surface area contributed by atoms with E-state index in [9.17, 15) is 5.11 Å². The third-order valence-electron chi connectivity index (χ3n) is 4.10. The molecule has 0 radical (unpaired) electrons. The SMILES string of the molecule is Cl.Cl.NC1CN(C(c2ccc(Cl)cc2)c2ccc(Cl)cc2)CC1O. The molecular formula is C17H20Cl4N2O. The van der Waals surface area contributed by atoms with Crippen molar-refractivity contribution in [3.8, 4) is 0 Å². The summed E-state index contributed by atoms with van der Waals surface area (Å²) in [5.41, 5.74) is 8.21. The molecule has 3 nitrogen and oxygen atoms in total. The van der Waals surface area contributed by atoms with Crippen LogP contribution in [0.4, 0.5) is 0 Å². The Labute approximate surface area is 164 Å². The van der Waals surface area contributed by atoms with Crippen LogP contribution in [0, 0.1) is 0 Å². The second-order valence-electron chi connectivity index (χ2n) is 5.69. The van der Waals surface area contributed by atoms with Gasteiger partial charge in [0.05, 0.1) is 12.1 Å². The molecule has 1 saturated heterocycles. The van der Waals surface area contributed by atoms with Gasteiger partial charge < -0.3 is 10.8 Å². The summed E-state index contributed by atoms with van der Waals surface area (Å²) >= 11 is 12.0. The lowest BCUT2D eigenvalue weighted by atomic mass is 9.97. The van der Waals surface area contributed by atoms with E-state index in [-0.39, 0.29) is 36.9 Å². The van der Waals surface area contributed by atoms with Gasteiger partial charge in [0.25, 0.3) is 0 Å². The highest BCUT2D eigenvalue weighted by atomic mass is 35.5. The van der Waals surface area contributed by atoms with Gasteiger partial charge in [-0.3, -0.25) is 4.90 Å². The van der Waals surface area contributed by atoms with Crippen LogP contribution in [0.15, 0.2) is 48.5 Å². The summed E-state index contributed by atoms with van der Waals surface area (Å²) in [4.78, 5) is 2.20. The first-order valence-electron chi connectivity index (χ1n) is 7.23.